The van der Waals surface area contributed by atoms with E-state index in [1.54, 1.807) is 0 Å². The first kappa shape index (κ1) is 17.6. The van der Waals surface area contributed by atoms with Crippen LogP contribution in [0, 0.1) is 4.91 Å². The molecule has 0 amide bonds. The van der Waals surface area contributed by atoms with Crippen LogP contribution in [0.4, 0.5) is 11.5 Å². The zero-order valence-corrected chi connectivity index (χ0v) is 13.9. The summed E-state index contributed by atoms with van der Waals surface area (Å²) in [4.78, 5) is 28.8. The summed E-state index contributed by atoms with van der Waals surface area (Å²) in [5, 5.41) is 2.52. The number of sulfone groups is 1. The molecule has 0 unspecified atom stereocenters. The number of aromatic amines is 1. The zero-order valence-electron chi connectivity index (χ0n) is 13.1. The minimum atomic E-state index is -3.48. The van der Waals surface area contributed by atoms with E-state index in [0.29, 0.717) is 12.4 Å². The van der Waals surface area contributed by atoms with Gasteiger partial charge < -0.3 is 15.5 Å². The highest BCUT2D eigenvalue weighted by atomic mass is 32.2. The maximum absolute atomic E-state index is 11.8. The number of aromatic nitrogens is 2. The molecule has 10 heteroatoms. The van der Waals surface area contributed by atoms with Gasteiger partial charge in [-0.1, -0.05) is 6.92 Å². The fraction of sp³-hybridized carbons (Fsp3) is 0.286. The second-order valence-electron chi connectivity index (χ2n) is 5.02. The summed E-state index contributed by atoms with van der Waals surface area (Å²) in [7, 11) is -3.48. The Morgan fingerprint density at radius 2 is 2.08 bits per heavy atom. The Labute approximate surface area is 137 Å². The number of nitroso groups, excluding NO2 is 1. The van der Waals surface area contributed by atoms with Crippen LogP contribution in [0.2, 0.25) is 0 Å². The number of ether oxygens (including phenoxy) is 1. The van der Waals surface area contributed by atoms with Crippen LogP contribution in [-0.4, -0.2) is 31.2 Å². The summed E-state index contributed by atoms with van der Waals surface area (Å²) in [5.41, 5.74) is 4.45. The van der Waals surface area contributed by atoms with Gasteiger partial charge in [-0.25, -0.2) is 13.4 Å². The van der Waals surface area contributed by atoms with Crippen LogP contribution in [0.5, 0.6) is 5.75 Å². The Morgan fingerprint density at radius 1 is 1.38 bits per heavy atom. The number of nitrogens with two attached hydrogens (primary N) is 1. The molecule has 0 fully saturated rings. The first-order chi connectivity index (χ1) is 11.3. The molecular formula is C14H16N4O5S. The van der Waals surface area contributed by atoms with E-state index in [4.69, 9.17) is 10.5 Å². The van der Waals surface area contributed by atoms with Gasteiger partial charge in [0.2, 0.25) is 5.69 Å². The van der Waals surface area contributed by atoms with Gasteiger partial charge >= 0.3 is 0 Å². The third-order valence-corrected chi connectivity index (χ3v) is 4.22. The summed E-state index contributed by atoms with van der Waals surface area (Å²) < 4.78 is 29.1. The quantitative estimate of drug-likeness (QED) is 0.751. The lowest BCUT2D eigenvalue weighted by molar-refractivity contribution is 0.318. The number of benzene rings is 1. The SMILES string of the molecule is CCCOc1ccc(S(C)(=O)=O)cc1-c1nc(N)c(N=O)c(=O)[nH]1. The molecule has 0 aliphatic rings. The minimum Gasteiger partial charge on any atom is -0.493 e. The predicted molar refractivity (Wildman–Crippen MR) is 89.1 cm³/mol. The fourth-order valence-corrected chi connectivity index (χ4v) is 2.61. The normalized spacial score (nSPS) is 11.2. The second-order valence-corrected chi connectivity index (χ2v) is 7.03. The molecule has 1 heterocycles. The van der Waals surface area contributed by atoms with Gasteiger partial charge in [0.15, 0.2) is 15.7 Å². The van der Waals surface area contributed by atoms with Gasteiger partial charge in [-0.2, -0.15) is 0 Å². The maximum Gasteiger partial charge on any atom is 0.282 e. The second kappa shape index (κ2) is 6.79. The van der Waals surface area contributed by atoms with Crippen molar-refractivity contribution in [2.45, 2.75) is 18.2 Å². The number of nitrogens with zero attached hydrogens (tertiary/aromatic N) is 2. The fourth-order valence-electron chi connectivity index (χ4n) is 1.96. The Balaban J connectivity index is 2.70. The smallest absolute Gasteiger partial charge is 0.282 e. The van der Waals surface area contributed by atoms with Gasteiger partial charge in [-0.05, 0) is 29.8 Å². The maximum atomic E-state index is 11.8. The Bertz CT molecular complexity index is 937. The van der Waals surface area contributed by atoms with Gasteiger partial charge in [-0.15, -0.1) is 4.91 Å². The highest BCUT2D eigenvalue weighted by Gasteiger charge is 2.17. The number of anilines is 1. The van der Waals surface area contributed by atoms with Crippen LogP contribution in [0.3, 0.4) is 0 Å². The molecular weight excluding hydrogens is 336 g/mol. The van der Waals surface area contributed by atoms with Crippen molar-refractivity contribution >= 4 is 21.3 Å². The third kappa shape index (κ3) is 3.59. The van der Waals surface area contributed by atoms with Crippen LogP contribution >= 0.6 is 0 Å². The average molecular weight is 352 g/mol. The van der Waals surface area contributed by atoms with Crippen molar-refractivity contribution in [1.29, 1.82) is 0 Å². The summed E-state index contributed by atoms with van der Waals surface area (Å²) in [6.07, 6.45) is 1.79. The summed E-state index contributed by atoms with van der Waals surface area (Å²) in [5.74, 6) is -0.0323. The molecule has 0 aliphatic carbocycles. The van der Waals surface area contributed by atoms with Crippen molar-refractivity contribution in [3.05, 3.63) is 33.5 Å². The van der Waals surface area contributed by atoms with E-state index < -0.39 is 21.1 Å². The Morgan fingerprint density at radius 3 is 2.62 bits per heavy atom. The highest BCUT2D eigenvalue weighted by Crippen LogP contribution is 2.31. The predicted octanol–water partition coefficient (Wildman–Crippen LogP) is 1.61. The number of rotatable bonds is 6. The van der Waals surface area contributed by atoms with E-state index in [1.807, 2.05) is 6.92 Å². The van der Waals surface area contributed by atoms with Crippen molar-refractivity contribution < 1.29 is 13.2 Å². The van der Waals surface area contributed by atoms with Gasteiger partial charge in [0.05, 0.1) is 17.1 Å². The molecule has 0 bridgehead atoms. The van der Waals surface area contributed by atoms with E-state index in [1.165, 1.54) is 18.2 Å². The molecule has 2 rings (SSSR count). The van der Waals surface area contributed by atoms with Gasteiger partial charge in [0.25, 0.3) is 5.56 Å². The molecule has 0 saturated heterocycles. The van der Waals surface area contributed by atoms with Gasteiger partial charge in [0, 0.05) is 6.26 Å². The molecule has 0 aliphatic heterocycles. The first-order valence-corrected chi connectivity index (χ1v) is 8.87. The Kier molecular flexibility index (Phi) is 4.98. The zero-order chi connectivity index (χ0) is 17.9. The molecule has 0 saturated carbocycles. The van der Waals surface area contributed by atoms with Crippen LogP contribution < -0.4 is 16.0 Å². The molecule has 3 N–H and O–H groups in total. The molecule has 2 aromatic rings. The van der Waals surface area contributed by atoms with E-state index in [0.717, 1.165) is 12.7 Å². The van der Waals surface area contributed by atoms with Crippen LogP contribution in [0.25, 0.3) is 11.4 Å². The molecule has 0 atom stereocenters. The molecule has 0 spiro atoms. The van der Waals surface area contributed by atoms with Gasteiger partial charge in [-0.3, -0.25) is 4.79 Å². The molecule has 9 nitrogen and oxygen atoms in total. The number of hydrogen-bond acceptors (Lipinski definition) is 8. The van der Waals surface area contributed by atoms with E-state index in [2.05, 4.69) is 15.1 Å². The standard InChI is InChI=1S/C14H16N4O5S/c1-3-6-23-10-5-4-8(24(2,21)22)7-9(10)13-16-12(15)11(18-20)14(19)17-13/h4-5,7H,3,6H2,1-2H3,(H3,15,16,17,19). The molecule has 1 aromatic carbocycles. The highest BCUT2D eigenvalue weighted by molar-refractivity contribution is 7.90. The topological polar surface area (TPSA) is 145 Å². The molecule has 24 heavy (non-hydrogen) atoms. The third-order valence-electron chi connectivity index (χ3n) is 3.11. The van der Waals surface area contributed by atoms with E-state index >= 15 is 0 Å². The monoisotopic (exact) mass is 352 g/mol. The molecule has 128 valence electrons. The largest absolute Gasteiger partial charge is 0.493 e. The Hall–Kier alpha value is -2.75. The number of nitrogen functional groups attached to an aromatic ring is 1. The van der Waals surface area contributed by atoms with Crippen molar-refractivity contribution in [3.8, 4) is 17.1 Å². The first-order valence-electron chi connectivity index (χ1n) is 6.98. The lowest BCUT2D eigenvalue weighted by atomic mass is 10.2. The van der Waals surface area contributed by atoms with Crippen LogP contribution in [0.15, 0.2) is 33.1 Å². The van der Waals surface area contributed by atoms with Crippen molar-refractivity contribution in [2.75, 3.05) is 18.6 Å². The van der Waals surface area contributed by atoms with E-state index in [9.17, 15) is 18.1 Å². The van der Waals surface area contributed by atoms with Gasteiger partial charge in [0.1, 0.15) is 11.6 Å². The van der Waals surface area contributed by atoms with Crippen molar-refractivity contribution in [1.82, 2.24) is 9.97 Å². The average Bonchev–Trinajstić information content (AvgIpc) is 2.51. The summed E-state index contributed by atoms with van der Waals surface area (Å²) in [6.45, 7) is 2.30. The molecule has 1 aromatic heterocycles. The lowest BCUT2D eigenvalue weighted by Gasteiger charge is -2.12. The van der Waals surface area contributed by atoms with E-state index in [-0.39, 0.29) is 22.1 Å². The number of nitrogens with one attached hydrogen (secondary N) is 1. The number of hydrogen-bond donors (Lipinski definition) is 2. The summed E-state index contributed by atoms with van der Waals surface area (Å²) >= 11 is 0. The molecule has 0 radical (unpaired) electrons. The van der Waals surface area contributed by atoms with Crippen molar-refractivity contribution in [2.24, 2.45) is 5.18 Å². The summed E-state index contributed by atoms with van der Waals surface area (Å²) in [6, 6.07) is 4.20. The lowest BCUT2D eigenvalue weighted by Crippen LogP contribution is -2.12. The van der Waals surface area contributed by atoms with Crippen LogP contribution in [0.1, 0.15) is 13.3 Å². The van der Waals surface area contributed by atoms with Crippen LogP contribution in [-0.2, 0) is 9.84 Å². The number of H-pyrrole nitrogens is 1. The van der Waals surface area contributed by atoms with Crippen molar-refractivity contribution in [3.63, 3.8) is 0 Å². The minimum absolute atomic E-state index is 0.0125.